The van der Waals surface area contributed by atoms with Gasteiger partial charge >= 0.3 is 0 Å². The topological polar surface area (TPSA) is 58.6 Å². The van der Waals surface area contributed by atoms with Crippen LogP contribution >= 0.6 is 0 Å². The third-order valence-corrected chi connectivity index (χ3v) is 3.08. The van der Waals surface area contributed by atoms with Crippen LogP contribution in [0, 0.1) is 11.7 Å². The largest absolute Gasteiger partial charge is 0.494 e. The van der Waals surface area contributed by atoms with E-state index in [0.717, 1.165) is 12.5 Å². The van der Waals surface area contributed by atoms with Gasteiger partial charge in [0.25, 0.3) is 5.91 Å². The maximum atomic E-state index is 13.5. The Morgan fingerprint density at radius 2 is 2.26 bits per heavy atom. The van der Waals surface area contributed by atoms with Crippen LogP contribution in [0.5, 0.6) is 5.75 Å². The molecule has 0 saturated heterocycles. The Hall–Kier alpha value is -1.62. The summed E-state index contributed by atoms with van der Waals surface area (Å²) in [7, 11) is 1.37. The minimum Gasteiger partial charge on any atom is -0.494 e. The molecule has 1 rings (SSSR count). The number of aliphatic hydroxyl groups excluding tert-OH is 1. The molecule has 5 heteroatoms. The van der Waals surface area contributed by atoms with Gasteiger partial charge < -0.3 is 15.2 Å². The van der Waals surface area contributed by atoms with Crippen molar-refractivity contribution >= 4 is 5.91 Å². The molecule has 2 N–H and O–H groups in total. The van der Waals surface area contributed by atoms with Gasteiger partial charge in [0, 0.05) is 18.7 Å². The Morgan fingerprint density at radius 3 is 2.79 bits per heavy atom. The number of carbonyl (C=O) groups excluding carboxylic acids is 1. The average molecular weight is 269 g/mol. The Labute approximate surface area is 112 Å². The molecule has 1 unspecified atom stereocenters. The summed E-state index contributed by atoms with van der Waals surface area (Å²) >= 11 is 0. The summed E-state index contributed by atoms with van der Waals surface area (Å²) < 4.78 is 18.3. The summed E-state index contributed by atoms with van der Waals surface area (Å²) in [5, 5.41) is 11.6. The van der Waals surface area contributed by atoms with E-state index in [4.69, 9.17) is 9.84 Å². The van der Waals surface area contributed by atoms with Gasteiger partial charge in [0.1, 0.15) is 0 Å². The van der Waals surface area contributed by atoms with E-state index in [0.29, 0.717) is 13.0 Å². The van der Waals surface area contributed by atoms with Crippen LogP contribution in [0.3, 0.4) is 0 Å². The van der Waals surface area contributed by atoms with Crippen molar-refractivity contribution in [1.82, 2.24) is 5.32 Å². The number of hydrogen-bond donors (Lipinski definition) is 2. The first-order chi connectivity index (χ1) is 9.12. The summed E-state index contributed by atoms with van der Waals surface area (Å²) in [5.41, 5.74) is 0.261. The first-order valence-corrected chi connectivity index (χ1v) is 6.35. The zero-order valence-electron chi connectivity index (χ0n) is 11.3. The molecular formula is C14H20FNO3. The number of methoxy groups -OCH3 is 1. The molecular weight excluding hydrogens is 249 g/mol. The van der Waals surface area contributed by atoms with E-state index in [1.165, 1.54) is 19.2 Å². The van der Waals surface area contributed by atoms with Crippen LogP contribution in [0.25, 0.3) is 0 Å². The third-order valence-electron chi connectivity index (χ3n) is 3.08. The van der Waals surface area contributed by atoms with Crippen LogP contribution in [0.2, 0.25) is 0 Å². The van der Waals surface area contributed by atoms with Crippen molar-refractivity contribution in [1.29, 1.82) is 0 Å². The monoisotopic (exact) mass is 269 g/mol. The summed E-state index contributed by atoms with van der Waals surface area (Å²) in [6.45, 7) is 2.58. The average Bonchev–Trinajstić information content (AvgIpc) is 2.42. The van der Waals surface area contributed by atoms with E-state index in [1.54, 1.807) is 0 Å². The molecule has 0 bridgehead atoms. The minimum atomic E-state index is -0.558. The molecule has 0 aliphatic rings. The van der Waals surface area contributed by atoms with E-state index in [1.807, 2.05) is 6.92 Å². The SMILES string of the molecule is CCC(CCO)CNC(=O)c1ccc(OC)c(F)c1. The van der Waals surface area contributed by atoms with E-state index < -0.39 is 5.82 Å². The van der Waals surface area contributed by atoms with Crippen molar-refractivity contribution in [3.8, 4) is 5.75 Å². The molecule has 4 nitrogen and oxygen atoms in total. The molecule has 0 aliphatic heterocycles. The van der Waals surface area contributed by atoms with Crippen molar-refractivity contribution < 1.29 is 19.0 Å². The van der Waals surface area contributed by atoms with Crippen LogP contribution in [0.4, 0.5) is 4.39 Å². The quantitative estimate of drug-likeness (QED) is 0.795. The molecule has 0 heterocycles. The van der Waals surface area contributed by atoms with Gasteiger partial charge in [0.15, 0.2) is 11.6 Å². The standard InChI is InChI=1S/C14H20FNO3/c1-3-10(6-7-17)9-16-14(18)11-4-5-13(19-2)12(15)8-11/h4-5,8,10,17H,3,6-7,9H2,1-2H3,(H,16,18). The summed E-state index contributed by atoms with van der Waals surface area (Å²) in [4.78, 5) is 11.8. The summed E-state index contributed by atoms with van der Waals surface area (Å²) in [5.74, 6) is -0.532. The number of halogens is 1. The molecule has 1 aromatic carbocycles. The van der Waals surface area contributed by atoms with Crippen LogP contribution in [-0.4, -0.2) is 31.3 Å². The fourth-order valence-corrected chi connectivity index (χ4v) is 1.78. The third kappa shape index (κ3) is 4.52. The Kier molecular flexibility index (Phi) is 6.29. The van der Waals surface area contributed by atoms with Gasteiger partial charge in [-0.25, -0.2) is 4.39 Å². The number of nitrogens with one attached hydrogen (secondary N) is 1. The summed E-state index contributed by atoms with van der Waals surface area (Å²) in [6.07, 6.45) is 1.52. The van der Waals surface area contributed by atoms with Crippen molar-refractivity contribution in [2.75, 3.05) is 20.3 Å². The predicted octanol–water partition coefficient (Wildman–Crippen LogP) is 1.97. The highest BCUT2D eigenvalue weighted by Gasteiger charge is 2.12. The van der Waals surface area contributed by atoms with Crippen molar-refractivity contribution in [2.24, 2.45) is 5.92 Å². The zero-order valence-corrected chi connectivity index (χ0v) is 11.3. The first-order valence-electron chi connectivity index (χ1n) is 6.35. The maximum Gasteiger partial charge on any atom is 0.251 e. The van der Waals surface area contributed by atoms with E-state index in [9.17, 15) is 9.18 Å². The minimum absolute atomic E-state index is 0.103. The molecule has 106 valence electrons. The molecule has 0 spiro atoms. The lowest BCUT2D eigenvalue weighted by Gasteiger charge is -2.14. The van der Waals surface area contributed by atoms with Crippen molar-refractivity contribution in [3.63, 3.8) is 0 Å². The highest BCUT2D eigenvalue weighted by molar-refractivity contribution is 5.94. The second kappa shape index (κ2) is 7.74. The molecule has 1 atom stereocenters. The number of ether oxygens (including phenoxy) is 1. The zero-order chi connectivity index (χ0) is 14.3. The molecule has 0 aromatic heterocycles. The van der Waals surface area contributed by atoms with Crippen molar-refractivity contribution in [2.45, 2.75) is 19.8 Å². The Balaban J connectivity index is 2.60. The van der Waals surface area contributed by atoms with Crippen LogP contribution in [0.1, 0.15) is 30.1 Å². The number of rotatable bonds is 7. The van der Waals surface area contributed by atoms with E-state index in [2.05, 4.69) is 5.32 Å². The van der Waals surface area contributed by atoms with Gasteiger partial charge in [-0.05, 0) is 30.5 Å². The van der Waals surface area contributed by atoms with Gasteiger partial charge in [-0.2, -0.15) is 0 Å². The lowest BCUT2D eigenvalue weighted by molar-refractivity contribution is 0.0943. The molecule has 0 saturated carbocycles. The molecule has 1 aromatic rings. The maximum absolute atomic E-state index is 13.5. The van der Waals surface area contributed by atoms with Gasteiger partial charge in [0.05, 0.1) is 7.11 Å². The van der Waals surface area contributed by atoms with Gasteiger partial charge in [-0.3, -0.25) is 4.79 Å². The molecule has 0 radical (unpaired) electrons. The number of benzene rings is 1. The van der Waals surface area contributed by atoms with Crippen LogP contribution < -0.4 is 10.1 Å². The van der Waals surface area contributed by atoms with Gasteiger partial charge in [-0.15, -0.1) is 0 Å². The lowest BCUT2D eigenvalue weighted by atomic mass is 10.0. The second-order valence-electron chi connectivity index (χ2n) is 4.35. The number of carbonyl (C=O) groups is 1. The Bertz CT molecular complexity index is 423. The molecule has 19 heavy (non-hydrogen) atoms. The number of hydrogen-bond acceptors (Lipinski definition) is 3. The van der Waals surface area contributed by atoms with E-state index in [-0.39, 0.29) is 29.7 Å². The lowest BCUT2D eigenvalue weighted by Crippen LogP contribution is -2.29. The van der Waals surface area contributed by atoms with E-state index >= 15 is 0 Å². The van der Waals surface area contributed by atoms with Crippen LogP contribution in [-0.2, 0) is 0 Å². The van der Waals surface area contributed by atoms with Gasteiger partial charge in [-0.1, -0.05) is 13.3 Å². The fraction of sp³-hybridized carbons (Fsp3) is 0.500. The normalized spacial score (nSPS) is 12.0. The second-order valence-corrected chi connectivity index (χ2v) is 4.35. The molecule has 1 amide bonds. The number of amides is 1. The Morgan fingerprint density at radius 1 is 1.53 bits per heavy atom. The van der Waals surface area contributed by atoms with Gasteiger partial charge in [0.2, 0.25) is 0 Å². The van der Waals surface area contributed by atoms with Crippen molar-refractivity contribution in [3.05, 3.63) is 29.6 Å². The predicted molar refractivity (Wildman–Crippen MR) is 70.8 cm³/mol. The number of aliphatic hydroxyl groups is 1. The molecule has 0 aliphatic carbocycles. The van der Waals surface area contributed by atoms with Crippen LogP contribution in [0.15, 0.2) is 18.2 Å². The highest BCUT2D eigenvalue weighted by Crippen LogP contribution is 2.17. The summed E-state index contributed by atoms with van der Waals surface area (Å²) in [6, 6.07) is 4.10. The highest BCUT2D eigenvalue weighted by atomic mass is 19.1. The molecule has 0 fully saturated rings. The fourth-order valence-electron chi connectivity index (χ4n) is 1.78. The smallest absolute Gasteiger partial charge is 0.251 e. The first kappa shape index (κ1) is 15.4.